The third-order valence-corrected chi connectivity index (χ3v) is 3.79. The van der Waals surface area contributed by atoms with Gasteiger partial charge >= 0.3 is 0 Å². The van der Waals surface area contributed by atoms with Gasteiger partial charge in [0.1, 0.15) is 12.6 Å². The SMILES string of the molecule is COCC(C(C)C)N1CC(=O)NC(c2ccccc2)C1=O. The van der Waals surface area contributed by atoms with Gasteiger partial charge in [0.2, 0.25) is 5.91 Å². The zero-order valence-corrected chi connectivity index (χ0v) is 12.7. The Kier molecular flexibility index (Phi) is 4.96. The predicted molar refractivity (Wildman–Crippen MR) is 79.5 cm³/mol. The molecule has 1 heterocycles. The summed E-state index contributed by atoms with van der Waals surface area (Å²) in [6.45, 7) is 4.58. The minimum atomic E-state index is -0.606. The zero-order chi connectivity index (χ0) is 15.4. The first-order chi connectivity index (χ1) is 10.0. The van der Waals surface area contributed by atoms with Gasteiger partial charge in [-0.1, -0.05) is 44.2 Å². The van der Waals surface area contributed by atoms with Crippen molar-refractivity contribution in [1.82, 2.24) is 10.2 Å². The Balaban J connectivity index is 2.27. The van der Waals surface area contributed by atoms with E-state index in [1.165, 1.54) is 0 Å². The number of hydrogen-bond acceptors (Lipinski definition) is 3. The van der Waals surface area contributed by atoms with Gasteiger partial charge in [0, 0.05) is 7.11 Å². The molecule has 1 aromatic carbocycles. The molecule has 0 radical (unpaired) electrons. The Morgan fingerprint density at radius 2 is 1.95 bits per heavy atom. The second-order valence-corrected chi connectivity index (χ2v) is 5.64. The number of amides is 2. The zero-order valence-electron chi connectivity index (χ0n) is 12.7. The van der Waals surface area contributed by atoms with Crippen molar-refractivity contribution in [2.45, 2.75) is 25.9 Å². The third-order valence-electron chi connectivity index (χ3n) is 3.79. The Morgan fingerprint density at radius 1 is 1.29 bits per heavy atom. The van der Waals surface area contributed by atoms with Crippen LogP contribution in [0.1, 0.15) is 25.5 Å². The Hall–Kier alpha value is -1.88. The van der Waals surface area contributed by atoms with Crippen LogP contribution in [0.15, 0.2) is 30.3 Å². The number of piperazine rings is 1. The van der Waals surface area contributed by atoms with E-state index in [1.54, 1.807) is 12.0 Å². The summed E-state index contributed by atoms with van der Waals surface area (Å²) in [5, 5.41) is 2.78. The van der Waals surface area contributed by atoms with Crippen molar-refractivity contribution in [3.05, 3.63) is 35.9 Å². The summed E-state index contributed by atoms with van der Waals surface area (Å²) < 4.78 is 5.22. The quantitative estimate of drug-likeness (QED) is 0.890. The number of nitrogens with one attached hydrogen (secondary N) is 1. The maximum absolute atomic E-state index is 12.7. The molecule has 1 saturated heterocycles. The van der Waals surface area contributed by atoms with Crippen molar-refractivity contribution in [3.63, 3.8) is 0 Å². The molecule has 1 aromatic rings. The van der Waals surface area contributed by atoms with Crippen molar-refractivity contribution < 1.29 is 14.3 Å². The molecule has 0 aromatic heterocycles. The fourth-order valence-electron chi connectivity index (χ4n) is 2.63. The largest absolute Gasteiger partial charge is 0.383 e. The highest BCUT2D eigenvalue weighted by molar-refractivity contribution is 5.95. The normalized spacial score (nSPS) is 20.6. The van der Waals surface area contributed by atoms with E-state index in [2.05, 4.69) is 5.32 Å². The molecule has 0 bridgehead atoms. The number of ether oxygens (including phenoxy) is 1. The van der Waals surface area contributed by atoms with Gasteiger partial charge in [-0.25, -0.2) is 0 Å². The summed E-state index contributed by atoms with van der Waals surface area (Å²) in [7, 11) is 1.61. The molecule has 1 N–H and O–H groups in total. The Morgan fingerprint density at radius 3 is 2.52 bits per heavy atom. The average molecular weight is 290 g/mol. The van der Waals surface area contributed by atoms with E-state index >= 15 is 0 Å². The summed E-state index contributed by atoms with van der Waals surface area (Å²) >= 11 is 0. The van der Waals surface area contributed by atoms with Crippen molar-refractivity contribution in [1.29, 1.82) is 0 Å². The lowest BCUT2D eigenvalue weighted by Gasteiger charge is -2.39. The number of benzene rings is 1. The van der Waals surface area contributed by atoms with Crippen molar-refractivity contribution in [2.75, 3.05) is 20.3 Å². The maximum Gasteiger partial charge on any atom is 0.250 e. The molecule has 1 fully saturated rings. The molecule has 2 unspecified atom stereocenters. The highest BCUT2D eigenvalue weighted by Crippen LogP contribution is 2.23. The topological polar surface area (TPSA) is 58.6 Å². The number of carbonyl (C=O) groups excluding carboxylic acids is 2. The molecule has 5 heteroatoms. The van der Waals surface area contributed by atoms with Gasteiger partial charge in [-0.15, -0.1) is 0 Å². The van der Waals surface area contributed by atoms with Crippen LogP contribution >= 0.6 is 0 Å². The van der Waals surface area contributed by atoms with Crippen LogP contribution in [0.5, 0.6) is 0 Å². The first kappa shape index (κ1) is 15.5. The van der Waals surface area contributed by atoms with Gasteiger partial charge in [-0.2, -0.15) is 0 Å². The average Bonchev–Trinajstić information content (AvgIpc) is 2.47. The lowest BCUT2D eigenvalue weighted by Crippen LogP contribution is -2.58. The first-order valence-corrected chi connectivity index (χ1v) is 7.18. The molecule has 0 aliphatic carbocycles. The first-order valence-electron chi connectivity index (χ1n) is 7.18. The maximum atomic E-state index is 12.7. The Labute approximate surface area is 125 Å². The lowest BCUT2D eigenvalue weighted by atomic mass is 9.98. The van der Waals surface area contributed by atoms with E-state index in [9.17, 15) is 9.59 Å². The molecule has 0 saturated carbocycles. The summed E-state index contributed by atoms with van der Waals surface area (Å²) in [4.78, 5) is 26.4. The number of methoxy groups -OCH3 is 1. The molecule has 5 nitrogen and oxygen atoms in total. The molecule has 1 aliphatic heterocycles. The standard InChI is InChI=1S/C16H22N2O3/c1-11(2)13(10-21-3)18-9-14(19)17-15(16(18)20)12-7-5-4-6-8-12/h4-8,11,13,15H,9-10H2,1-3H3,(H,17,19). The van der Waals surface area contributed by atoms with Crippen LogP contribution in [0, 0.1) is 5.92 Å². The monoisotopic (exact) mass is 290 g/mol. The lowest BCUT2D eigenvalue weighted by molar-refractivity contribution is -0.149. The van der Waals surface area contributed by atoms with E-state index in [1.807, 2.05) is 44.2 Å². The molecule has 2 rings (SSSR count). The molecule has 0 spiro atoms. The number of rotatable bonds is 5. The Bertz CT molecular complexity index is 502. The van der Waals surface area contributed by atoms with Gasteiger partial charge in [-0.3, -0.25) is 9.59 Å². The molecule has 2 amide bonds. The van der Waals surface area contributed by atoms with Gasteiger partial charge in [0.15, 0.2) is 0 Å². The van der Waals surface area contributed by atoms with Crippen LogP contribution < -0.4 is 5.32 Å². The van der Waals surface area contributed by atoms with Crippen molar-refractivity contribution in [2.24, 2.45) is 5.92 Å². The van der Waals surface area contributed by atoms with E-state index in [-0.39, 0.29) is 30.3 Å². The van der Waals surface area contributed by atoms with E-state index in [0.717, 1.165) is 5.56 Å². The van der Waals surface area contributed by atoms with Crippen LogP contribution in [0.4, 0.5) is 0 Å². The number of carbonyl (C=O) groups is 2. The van der Waals surface area contributed by atoms with Crippen LogP contribution in [0.2, 0.25) is 0 Å². The minimum Gasteiger partial charge on any atom is -0.383 e. The molecule has 21 heavy (non-hydrogen) atoms. The molecule has 114 valence electrons. The van der Waals surface area contributed by atoms with Crippen LogP contribution in [-0.4, -0.2) is 43.0 Å². The predicted octanol–water partition coefficient (Wildman–Crippen LogP) is 1.36. The molecular weight excluding hydrogens is 268 g/mol. The van der Waals surface area contributed by atoms with Gasteiger partial charge in [0.05, 0.1) is 12.6 Å². The van der Waals surface area contributed by atoms with Crippen LogP contribution in [0.3, 0.4) is 0 Å². The fraction of sp³-hybridized carbons (Fsp3) is 0.500. The van der Waals surface area contributed by atoms with E-state index in [0.29, 0.717) is 6.61 Å². The van der Waals surface area contributed by atoms with Gasteiger partial charge < -0.3 is 15.0 Å². The molecular formula is C16H22N2O3. The summed E-state index contributed by atoms with van der Waals surface area (Å²) in [5.74, 6) is 0.0120. The summed E-state index contributed by atoms with van der Waals surface area (Å²) in [6.07, 6.45) is 0. The molecule has 1 aliphatic rings. The highest BCUT2D eigenvalue weighted by Gasteiger charge is 2.38. The fourth-order valence-corrected chi connectivity index (χ4v) is 2.63. The number of hydrogen-bond donors (Lipinski definition) is 1. The third kappa shape index (κ3) is 3.42. The van der Waals surface area contributed by atoms with Crippen molar-refractivity contribution >= 4 is 11.8 Å². The second kappa shape index (κ2) is 6.72. The van der Waals surface area contributed by atoms with Crippen LogP contribution in [0.25, 0.3) is 0 Å². The molecule has 2 atom stereocenters. The number of nitrogens with zero attached hydrogens (tertiary/aromatic N) is 1. The van der Waals surface area contributed by atoms with Gasteiger partial charge in [-0.05, 0) is 11.5 Å². The van der Waals surface area contributed by atoms with E-state index < -0.39 is 6.04 Å². The van der Waals surface area contributed by atoms with E-state index in [4.69, 9.17) is 4.74 Å². The highest BCUT2D eigenvalue weighted by atomic mass is 16.5. The minimum absolute atomic E-state index is 0.0726. The second-order valence-electron chi connectivity index (χ2n) is 5.64. The van der Waals surface area contributed by atoms with Crippen molar-refractivity contribution in [3.8, 4) is 0 Å². The summed E-state index contributed by atoms with van der Waals surface area (Å²) in [6, 6.07) is 8.62. The smallest absolute Gasteiger partial charge is 0.250 e. The summed E-state index contributed by atoms with van der Waals surface area (Å²) in [5.41, 5.74) is 0.806. The van der Waals surface area contributed by atoms with Crippen LogP contribution in [-0.2, 0) is 14.3 Å². The van der Waals surface area contributed by atoms with Gasteiger partial charge in [0.25, 0.3) is 5.91 Å².